The topological polar surface area (TPSA) is 113 Å². The summed E-state index contributed by atoms with van der Waals surface area (Å²) in [6, 6.07) is 15.8. The smallest absolute Gasteiger partial charge is 0.250 e. The first kappa shape index (κ1) is 21.7. The van der Waals surface area contributed by atoms with Crippen LogP contribution in [-0.4, -0.2) is 62.2 Å². The molecule has 158 valence electrons. The van der Waals surface area contributed by atoms with Crippen LogP contribution in [0.15, 0.2) is 60.0 Å². The molecule has 1 heterocycles. The van der Waals surface area contributed by atoms with Gasteiger partial charge in [0.2, 0.25) is 15.9 Å². The fraction of sp³-hybridized carbons (Fsp3) is 0.238. The van der Waals surface area contributed by atoms with Gasteiger partial charge >= 0.3 is 0 Å². The van der Waals surface area contributed by atoms with Gasteiger partial charge in [-0.25, -0.2) is 8.42 Å². The van der Waals surface area contributed by atoms with Gasteiger partial charge in [-0.3, -0.25) is 14.5 Å². The Morgan fingerprint density at radius 2 is 1.60 bits per heavy atom. The van der Waals surface area contributed by atoms with Crippen LogP contribution in [-0.2, 0) is 14.8 Å². The molecule has 30 heavy (non-hydrogen) atoms. The summed E-state index contributed by atoms with van der Waals surface area (Å²) < 4.78 is 26.5. The van der Waals surface area contributed by atoms with E-state index in [4.69, 9.17) is 5.73 Å². The zero-order valence-electron chi connectivity index (χ0n) is 16.4. The molecule has 0 atom stereocenters. The van der Waals surface area contributed by atoms with E-state index >= 15 is 0 Å². The Balaban J connectivity index is 1.52. The number of hydrogen-bond acceptors (Lipinski definition) is 5. The molecule has 3 N–H and O–H groups in total. The van der Waals surface area contributed by atoms with Crippen molar-refractivity contribution in [1.82, 2.24) is 9.21 Å². The van der Waals surface area contributed by atoms with Crippen molar-refractivity contribution >= 4 is 33.6 Å². The number of hydrogen-bond donors (Lipinski definition) is 2. The molecule has 1 fully saturated rings. The molecule has 0 saturated carbocycles. The Hall–Kier alpha value is -3.01. The van der Waals surface area contributed by atoms with E-state index in [1.165, 1.54) is 9.71 Å². The molecule has 1 saturated heterocycles. The van der Waals surface area contributed by atoms with E-state index in [0.29, 0.717) is 31.9 Å². The van der Waals surface area contributed by atoms with E-state index in [2.05, 4.69) is 5.32 Å². The fourth-order valence-corrected chi connectivity index (χ4v) is 4.33. The molecule has 1 aliphatic rings. The number of carbonyl (C=O) groups is 2. The number of nitrogens with two attached hydrogens (primary N) is 1. The molecule has 0 radical (unpaired) electrons. The third-order valence-corrected chi connectivity index (χ3v) is 6.32. The summed E-state index contributed by atoms with van der Waals surface area (Å²) in [4.78, 5) is 25.7. The molecule has 0 unspecified atom stereocenters. The van der Waals surface area contributed by atoms with Crippen LogP contribution in [0.25, 0.3) is 6.08 Å². The van der Waals surface area contributed by atoms with Crippen LogP contribution in [0, 0.1) is 0 Å². The summed E-state index contributed by atoms with van der Waals surface area (Å²) in [6.07, 6.45) is 1.57. The van der Waals surface area contributed by atoms with Crippen molar-refractivity contribution in [3.63, 3.8) is 0 Å². The molecule has 2 aromatic rings. The van der Waals surface area contributed by atoms with Gasteiger partial charge in [-0.1, -0.05) is 42.5 Å². The van der Waals surface area contributed by atoms with Gasteiger partial charge in [0.25, 0.3) is 5.91 Å². The van der Waals surface area contributed by atoms with Crippen molar-refractivity contribution in [3.05, 3.63) is 71.1 Å². The van der Waals surface area contributed by atoms with Crippen molar-refractivity contribution in [1.29, 1.82) is 0 Å². The Morgan fingerprint density at radius 1 is 0.967 bits per heavy atom. The maximum atomic E-state index is 12.5. The van der Waals surface area contributed by atoms with Crippen molar-refractivity contribution in [2.45, 2.75) is 0 Å². The minimum atomic E-state index is -3.52. The molecule has 8 nitrogen and oxygen atoms in total. The maximum absolute atomic E-state index is 12.5. The second kappa shape index (κ2) is 9.66. The number of benzene rings is 2. The second-order valence-electron chi connectivity index (χ2n) is 6.89. The summed E-state index contributed by atoms with van der Waals surface area (Å²) in [5, 5.41) is 3.91. The van der Waals surface area contributed by atoms with Crippen molar-refractivity contribution < 1.29 is 18.0 Å². The first-order chi connectivity index (χ1) is 14.3. The van der Waals surface area contributed by atoms with Crippen LogP contribution in [0.3, 0.4) is 0 Å². The molecule has 0 bridgehead atoms. The predicted octanol–water partition coefficient (Wildman–Crippen LogP) is 1.34. The van der Waals surface area contributed by atoms with Gasteiger partial charge in [-0.05, 0) is 23.8 Å². The number of nitrogens with zero attached hydrogens (tertiary/aromatic N) is 2. The number of sulfonamides is 1. The van der Waals surface area contributed by atoms with Gasteiger partial charge in [-0.15, -0.1) is 0 Å². The van der Waals surface area contributed by atoms with Gasteiger partial charge < -0.3 is 11.1 Å². The van der Waals surface area contributed by atoms with E-state index in [-0.39, 0.29) is 18.0 Å². The molecular weight excluding hydrogens is 404 g/mol. The van der Waals surface area contributed by atoms with Crippen LogP contribution < -0.4 is 11.1 Å². The monoisotopic (exact) mass is 428 g/mol. The Bertz CT molecular complexity index is 1030. The van der Waals surface area contributed by atoms with Crippen molar-refractivity contribution in [2.75, 3.05) is 38.0 Å². The molecule has 2 aromatic carbocycles. The molecule has 2 amide bonds. The number of nitrogens with one attached hydrogen (secondary N) is 1. The first-order valence-corrected chi connectivity index (χ1v) is 11.0. The fourth-order valence-electron chi connectivity index (χ4n) is 3.16. The molecule has 3 rings (SSSR count). The van der Waals surface area contributed by atoms with E-state index in [1.54, 1.807) is 30.3 Å². The molecule has 0 spiro atoms. The number of amides is 2. The summed E-state index contributed by atoms with van der Waals surface area (Å²) in [5.41, 5.74) is 6.74. The summed E-state index contributed by atoms with van der Waals surface area (Å²) in [6.45, 7) is 1.56. The quantitative estimate of drug-likeness (QED) is 0.691. The van der Waals surface area contributed by atoms with Crippen molar-refractivity contribution in [3.8, 4) is 0 Å². The number of primary amides is 1. The lowest BCUT2D eigenvalue weighted by Crippen LogP contribution is -2.49. The van der Waals surface area contributed by atoms with Gasteiger partial charge in [0.1, 0.15) is 0 Å². The van der Waals surface area contributed by atoms with Crippen LogP contribution in [0.1, 0.15) is 15.9 Å². The maximum Gasteiger partial charge on any atom is 0.250 e. The summed E-state index contributed by atoms with van der Waals surface area (Å²) >= 11 is 0. The van der Waals surface area contributed by atoms with Crippen LogP contribution in [0.2, 0.25) is 0 Å². The number of para-hydroxylation sites is 1. The van der Waals surface area contributed by atoms with Crippen LogP contribution in [0.5, 0.6) is 0 Å². The minimum Gasteiger partial charge on any atom is -0.366 e. The average Bonchev–Trinajstić information content (AvgIpc) is 2.74. The third kappa shape index (κ3) is 5.76. The molecule has 0 aromatic heterocycles. The second-order valence-corrected chi connectivity index (χ2v) is 8.71. The SMILES string of the molecule is NC(=O)c1ccccc1NC(=O)CN1CCN(S(=O)(=O)/C=C/c2ccccc2)CC1. The molecule has 1 aliphatic heterocycles. The Kier molecular flexibility index (Phi) is 6.99. The predicted molar refractivity (Wildman–Crippen MR) is 116 cm³/mol. The molecular formula is C21H24N4O4S. The van der Waals surface area contributed by atoms with E-state index in [0.717, 1.165) is 5.56 Å². The lowest BCUT2D eigenvalue weighted by Gasteiger charge is -2.32. The third-order valence-electron chi connectivity index (χ3n) is 4.76. The Morgan fingerprint density at radius 3 is 2.27 bits per heavy atom. The molecule has 0 aliphatic carbocycles. The molecule has 9 heteroatoms. The zero-order valence-corrected chi connectivity index (χ0v) is 17.2. The normalized spacial score (nSPS) is 15.9. The highest BCUT2D eigenvalue weighted by Gasteiger charge is 2.26. The first-order valence-electron chi connectivity index (χ1n) is 9.49. The van der Waals surface area contributed by atoms with Crippen LogP contribution in [0.4, 0.5) is 5.69 Å². The van der Waals surface area contributed by atoms with Gasteiger partial charge in [0.15, 0.2) is 0 Å². The highest BCUT2D eigenvalue weighted by Crippen LogP contribution is 2.15. The number of carbonyl (C=O) groups excluding carboxylic acids is 2. The highest BCUT2D eigenvalue weighted by atomic mass is 32.2. The zero-order chi connectivity index (χ0) is 21.6. The van der Waals surface area contributed by atoms with Gasteiger partial charge in [-0.2, -0.15) is 4.31 Å². The van der Waals surface area contributed by atoms with E-state index < -0.39 is 15.9 Å². The number of anilines is 1. The van der Waals surface area contributed by atoms with Gasteiger partial charge in [0.05, 0.1) is 17.8 Å². The highest BCUT2D eigenvalue weighted by molar-refractivity contribution is 7.92. The van der Waals surface area contributed by atoms with Gasteiger partial charge in [0, 0.05) is 31.6 Å². The number of piperazine rings is 1. The average molecular weight is 429 g/mol. The summed E-state index contributed by atoms with van der Waals surface area (Å²) in [5.74, 6) is -0.905. The standard InChI is InChI=1S/C21H24N4O4S/c22-21(27)18-8-4-5-9-19(18)23-20(26)16-24-11-13-25(14-12-24)30(28,29)15-10-17-6-2-1-3-7-17/h1-10,15H,11-14,16H2,(H2,22,27)(H,23,26)/b15-10+. The van der Waals surface area contributed by atoms with Crippen molar-refractivity contribution in [2.24, 2.45) is 5.73 Å². The van der Waals surface area contributed by atoms with E-state index in [1.807, 2.05) is 35.2 Å². The Labute approximate surface area is 176 Å². The largest absolute Gasteiger partial charge is 0.366 e. The lowest BCUT2D eigenvalue weighted by molar-refractivity contribution is -0.117. The summed E-state index contributed by atoms with van der Waals surface area (Å²) in [7, 11) is -3.52. The lowest BCUT2D eigenvalue weighted by atomic mass is 10.1. The number of rotatable bonds is 7. The van der Waals surface area contributed by atoms with E-state index in [9.17, 15) is 18.0 Å². The van der Waals surface area contributed by atoms with Crippen LogP contribution >= 0.6 is 0 Å². The minimum absolute atomic E-state index is 0.0981.